The Labute approximate surface area is 112 Å². The predicted octanol–water partition coefficient (Wildman–Crippen LogP) is 2.29. The molecule has 1 aliphatic rings. The van der Waals surface area contributed by atoms with Gasteiger partial charge in [-0.3, -0.25) is 0 Å². The fourth-order valence-electron chi connectivity index (χ4n) is 2.26. The molecule has 5 heteroatoms. The highest BCUT2D eigenvalue weighted by atomic mass is 19.1. The number of halogens is 1. The van der Waals surface area contributed by atoms with Crippen LogP contribution in [0.2, 0.25) is 0 Å². The van der Waals surface area contributed by atoms with Gasteiger partial charge in [-0.25, -0.2) is 9.18 Å². The normalized spacial score (nSPS) is 21.1. The zero-order valence-electron chi connectivity index (χ0n) is 11.4. The molecule has 0 amide bonds. The molecular formula is C14H19FN2O2. The van der Waals surface area contributed by atoms with Crippen molar-refractivity contribution in [1.82, 2.24) is 0 Å². The van der Waals surface area contributed by atoms with Gasteiger partial charge < -0.3 is 15.4 Å². The van der Waals surface area contributed by atoms with Crippen LogP contribution in [0.15, 0.2) is 12.1 Å². The third kappa shape index (κ3) is 2.80. The van der Waals surface area contributed by atoms with Crippen LogP contribution in [-0.2, 0) is 4.74 Å². The van der Waals surface area contributed by atoms with E-state index in [4.69, 9.17) is 5.73 Å². The Hall–Kier alpha value is -1.78. The lowest BCUT2D eigenvalue weighted by Gasteiger charge is -2.21. The number of esters is 1. The molecule has 0 aliphatic heterocycles. The molecule has 0 spiro atoms. The second kappa shape index (κ2) is 5.07. The molecule has 1 aliphatic carbocycles. The van der Waals surface area contributed by atoms with Gasteiger partial charge in [-0.1, -0.05) is 6.92 Å². The number of carbonyl (C=O) groups is 1. The molecule has 2 atom stereocenters. The number of benzene rings is 1. The van der Waals surface area contributed by atoms with Crippen molar-refractivity contribution >= 4 is 17.3 Å². The van der Waals surface area contributed by atoms with Gasteiger partial charge in [-0.05, 0) is 30.4 Å². The second-order valence-electron chi connectivity index (χ2n) is 5.24. The fourth-order valence-corrected chi connectivity index (χ4v) is 2.26. The topological polar surface area (TPSA) is 55.6 Å². The Morgan fingerprint density at radius 1 is 1.58 bits per heavy atom. The standard InChI is InChI=1S/C14H19FN2O2/c1-8-4-9(8)7-17(2)13-5-10(14(18)19-3)12(16)6-11(13)15/h5-6,8-9H,4,7,16H2,1-3H3. The molecule has 1 fully saturated rings. The Kier molecular flexibility index (Phi) is 3.64. The number of ether oxygens (including phenoxy) is 1. The monoisotopic (exact) mass is 266 g/mol. The minimum Gasteiger partial charge on any atom is -0.465 e. The lowest BCUT2D eigenvalue weighted by Crippen LogP contribution is -2.22. The number of methoxy groups -OCH3 is 1. The Bertz CT molecular complexity index is 504. The molecule has 0 radical (unpaired) electrons. The van der Waals surface area contributed by atoms with E-state index in [1.807, 2.05) is 11.9 Å². The van der Waals surface area contributed by atoms with Crippen LogP contribution in [0.25, 0.3) is 0 Å². The van der Waals surface area contributed by atoms with E-state index in [9.17, 15) is 9.18 Å². The van der Waals surface area contributed by atoms with Crippen LogP contribution >= 0.6 is 0 Å². The average molecular weight is 266 g/mol. The lowest BCUT2D eigenvalue weighted by atomic mass is 10.1. The number of rotatable bonds is 4. The van der Waals surface area contributed by atoms with Gasteiger partial charge in [0.2, 0.25) is 0 Å². The molecule has 2 unspecified atom stereocenters. The summed E-state index contributed by atoms with van der Waals surface area (Å²) < 4.78 is 18.6. The predicted molar refractivity (Wildman–Crippen MR) is 72.7 cm³/mol. The van der Waals surface area contributed by atoms with E-state index in [1.165, 1.54) is 25.7 Å². The van der Waals surface area contributed by atoms with Gasteiger partial charge in [0.1, 0.15) is 5.82 Å². The van der Waals surface area contributed by atoms with Gasteiger partial charge in [0.05, 0.1) is 18.4 Å². The van der Waals surface area contributed by atoms with Crippen LogP contribution in [0, 0.1) is 17.7 Å². The maximum Gasteiger partial charge on any atom is 0.340 e. The van der Waals surface area contributed by atoms with Crippen LogP contribution in [0.3, 0.4) is 0 Å². The first-order valence-electron chi connectivity index (χ1n) is 6.32. The number of nitrogen functional groups attached to an aromatic ring is 1. The molecule has 2 rings (SSSR count). The third-order valence-corrected chi connectivity index (χ3v) is 3.72. The minimum atomic E-state index is -0.549. The number of anilines is 2. The number of nitrogens with two attached hydrogens (primary N) is 1. The lowest BCUT2D eigenvalue weighted by molar-refractivity contribution is 0.0602. The highest BCUT2D eigenvalue weighted by Crippen LogP contribution is 2.39. The van der Waals surface area contributed by atoms with Crippen LogP contribution in [0.5, 0.6) is 0 Å². The Morgan fingerprint density at radius 2 is 2.21 bits per heavy atom. The molecule has 0 aromatic heterocycles. The summed E-state index contributed by atoms with van der Waals surface area (Å²) in [7, 11) is 3.10. The van der Waals surface area contributed by atoms with Gasteiger partial charge in [-0.15, -0.1) is 0 Å². The summed E-state index contributed by atoms with van der Waals surface area (Å²) in [4.78, 5) is 13.4. The second-order valence-corrected chi connectivity index (χ2v) is 5.24. The number of carbonyl (C=O) groups excluding carboxylic acids is 1. The maximum absolute atomic E-state index is 13.9. The summed E-state index contributed by atoms with van der Waals surface area (Å²) in [5.74, 6) is 0.329. The van der Waals surface area contributed by atoms with Gasteiger partial charge in [0.15, 0.2) is 0 Å². The maximum atomic E-state index is 13.9. The van der Waals surface area contributed by atoms with E-state index in [0.717, 1.165) is 6.54 Å². The van der Waals surface area contributed by atoms with E-state index in [1.54, 1.807) is 0 Å². The van der Waals surface area contributed by atoms with Crippen molar-refractivity contribution in [1.29, 1.82) is 0 Å². The van der Waals surface area contributed by atoms with Gasteiger partial charge in [0.25, 0.3) is 0 Å². The minimum absolute atomic E-state index is 0.0984. The van der Waals surface area contributed by atoms with Crippen molar-refractivity contribution in [2.24, 2.45) is 11.8 Å². The van der Waals surface area contributed by atoms with Crippen molar-refractivity contribution in [3.8, 4) is 0 Å². The van der Waals surface area contributed by atoms with Crippen molar-refractivity contribution in [3.63, 3.8) is 0 Å². The van der Waals surface area contributed by atoms with E-state index in [2.05, 4.69) is 11.7 Å². The van der Waals surface area contributed by atoms with Crippen molar-refractivity contribution in [2.45, 2.75) is 13.3 Å². The molecule has 1 saturated carbocycles. The third-order valence-electron chi connectivity index (χ3n) is 3.72. The Balaban J connectivity index is 2.26. The Morgan fingerprint density at radius 3 is 2.74 bits per heavy atom. The molecule has 4 nitrogen and oxygen atoms in total. The molecule has 1 aromatic carbocycles. The van der Waals surface area contributed by atoms with E-state index in [0.29, 0.717) is 17.5 Å². The highest BCUT2D eigenvalue weighted by Gasteiger charge is 2.33. The molecule has 0 bridgehead atoms. The van der Waals surface area contributed by atoms with E-state index < -0.39 is 11.8 Å². The highest BCUT2D eigenvalue weighted by molar-refractivity contribution is 5.96. The number of hydrogen-bond donors (Lipinski definition) is 1. The van der Waals surface area contributed by atoms with Crippen LogP contribution in [0.4, 0.5) is 15.8 Å². The van der Waals surface area contributed by atoms with Gasteiger partial charge in [-0.2, -0.15) is 0 Å². The molecule has 0 saturated heterocycles. The molecule has 19 heavy (non-hydrogen) atoms. The SMILES string of the molecule is COC(=O)c1cc(N(C)CC2CC2C)c(F)cc1N. The summed E-state index contributed by atoms with van der Waals surface area (Å²) in [6.45, 7) is 2.96. The quantitative estimate of drug-likeness (QED) is 0.671. The first-order valence-corrected chi connectivity index (χ1v) is 6.32. The van der Waals surface area contributed by atoms with Crippen molar-refractivity contribution in [2.75, 3.05) is 31.3 Å². The van der Waals surface area contributed by atoms with E-state index in [-0.39, 0.29) is 11.3 Å². The van der Waals surface area contributed by atoms with Crippen LogP contribution < -0.4 is 10.6 Å². The molecule has 2 N–H and O–H groups in total. The van der Waals surface area contributed by atoms with Crippen molar-refractivity contribution in [3.05, 3.63) is 23.5 Å². The smallest absolute Gasteiger partial charge is 0.340 e. The average Bonchev–Trinajstić information content (AvgIpc) is 3.03. The first-order chi connectivity index (χ1) is 8.93. The largest absolute Gasteiger partial charge is 0.465 e. The van der Waals surface area contributed by atoms with Crippen molar-refractivity contribution < 1.29 is 13.9 Å². The first kappa shape index (κ1) is 13.6. The van der Waals surface area contributed by atoms with E-state index >= 15 is 0 Å². The molecular weight excluding hydrogens is 247 g/mol. The summed E-state index contributed by atoms with van der Waals surface area (Å²) >= 11 is 0. The van der Waals surface area contributed by atoms with Crippen LogP contribution in [0.1, 0.15) is 23.7 Å². The molecule has 0 heterocycles. The van der Waals surface area contributed by atoms with Gasteiger partial charge >= 0.3 is 5.97 Å². The molecule has 104 valence electrons. The van der Waals surface area contributed by atoms with Crippen LogP contribution in [-0.4, -0.2) is 26.7 Å². The zero-order valence-corrected chi connectivity index (χ0v) is 11.4. The molecule has 1 aromatic rings. The summed E-state index contributed by atoms with van der Waals surface area (Å²) in [5.41, 5.74) is 6.33. The number of nitrogens with zero attached hydrogens (tertiary/aromatic N) is 1. The number of hydrogen-bond acceptors (Lipinski definition) is 4. The summed E-state index contributed by atoms with van der Waals surface area (Å²) in [6, 6.07) is 2.64. The zero-order chi connectivity index (χ0) is 14.2. The fraction of sp³-hybridized carbons (Fsp3) is 0.500. The summed E-state index contributed by atoms with van der Waals surface area (Å²) in [6.07, 6.45) is 1.17. The summed E-state index contributed by atoms with van der Waals surface area (Å²) in [5, 5.41) is 0. The van der Waals surface area contributed by atoms with Gasteiger partial charge in [0, 0.05) is 19.3 Å².